The van der Waals surface area contributed by atoms with Gasteiger partial charge in [0.2, 0.25) is 0 Å². The second-order valence-corrected chi connectivity index (χ2v) is 6.89. The highest BCUT2D eigenvalue weighted by Crippen LogP contribution is 2.39. The van der Waals surface area contributed by atoms with Gasteiger partial charge in [0.05, 0.1) is 0 Å². The van der Waals surface area contributed by atoms with Gasteiger partial charge in [0.25, 0.3) is 5.91 Å². The summed E-state index contributed by atoms with van der Waals surface area (Å²) in [4.78, 5) is 15.0. The van der Waals surface area contributed by atoms with Gasteiger partial charge in [-0.3, -0.25) is 9.69 Å². The standard InChI is InChI=1S/C23H22N2O/c1-15-12-13-18(14-17(15)3)24-22-19-9-5-6-10-20(19)23(26)25(22)21-11-7-4-8-16(21)2/h4-14,22,24H,1-3H3. The summed E-state index contributed by atoms with van der Waals surface area (Å²) in [6.07, 6.45) is -0.220. The molecule has 1 unspecified atom stereocenters. The highest BCUT2D eigenvalue weighted by atomic mass is 16.2. The van der Waals surface area contributed by atoms with Crippen molar-refractivity contribution in [2.45, 2.75) is 26.9 Å². The maximum atomic E-state index is 13.2. The van der Waals surface area contributed by atoms with Crippen molar-refractivity contribution in [1.82, 2.24) is 0 Å². The molecule has 3 aromatic carbocycles. The predicted octanol–water partition coefficient (Wildman–Crippen LogP) is 5.38. The third-order valence-corrected chi connectivity index (χ3v) is 5.15. The highest BCUT2D eigenvalue weighted by molar-refractivity contribution is 6.11. The van der Waals surface area contributed by atoms with Crippen LogP contribution >= 0.6 is 0 Å². The van der Waals surface area contributed by atoms with Crippen LogP contribution in [-0.4, -0.2) is 5.91 Å². The van der Waals surface area contributed by atoms with Crippen LogP contribution in [0, 0.1) is 20.8 Å². The predicted molar refractivity (Wildman–Crippen MR) is 107 cm³/mol. The molecular formula is C23H22N2O. The number of hydrogen-bond acceptors (Lipinski definition) is 2. The quantitative estimate of drug-likeness (QED) is 0.693. The van der Waals surface area contributed by atoms with Crippen LogP contribution in [0.2, 0.25) is 0 Å². The zero-order chi connectivity index (χ0) is 18.3. The van der Waals surface area contributed by atoms with E-state index >= 15 is 0 Å². The number of para-hydroxylation sites is 1. The Balaban J connectivity index is 1.81. The van der Waals surface area contributed by atoms with Gasteiger partial charge in [-0.15, -0.1) is 0 Å². The van der Waals surface area contributed by atoms with E-state index in [0.717, 1.165) is 28.1 Å². The topological polar surface area (TPSA) is 32.3 Å². The molecule has 1 aliphatic heterocycles. The van der Waals surface area contributed by atoms with Crippen molar-refractivity contribution in [1.29, 1.82) is 0 Å². The minimum absolute atomic E-state index is 0.0382. The van der Waals surface area contributed by atoms with E-state index in [4.69, 9.17) is 0 Å². The molecule has 0 fully saturated rings. The van der Waals surface area contributed by atoms with Gasteiger partial charge in [0.15, 0.2) is 0 Å². The average molecular weight is 342 g/mol. The van der Waals surface area contributed by atoms with Crippen LogP contribution in [0.4, 0.5) is 11.4 Å². The van der Waals surface area contributed by atoms with E-state index in [1.807, 2.05) is 60.4 Å². The fraction of sp³-hybridized carbons (Fsp3) is 0.174. The van der Waals surface area contributed by atoms with Gasteiger partial charge in [-0.1, -0.05) is 42.5 Å². The van der Waals surface area contributed by atoms with Crippen molar-refractivity contribution in [3.8, 4) is 0 Å². The number of carbonyl (C=O) groups excluding carboxylic acids is 1. The van der Waals surface area contributed by atoms with Crippen LogP contribution in [0.1, 0.15) is 38.8 Å². The van der Waals surface area contributed by atoms with Crippen molar-refractivity contribution in [2.24, 2.45) is 0 Å². The Hall–Kier alpha value is -3.07. The minimum Gasteiger partial charge on any atom is -0.361 e. The summed E-state index contributed by atoms with van der Waals surface area (Å²) in [7, 11) is 0. The van der Waals surface area contributed by atoms with Gasteiger partial charge in [0, 0.05) is 22.5 Å². The van der Waals surface area contributed by atoms with Crippen molar-refractivity contribution in [2.75, 3.05) is 10.2 Å². The number of benzene rings is 3. The maximum Gasteiger partial charge on any atom is 0.260 e. The SMILES string of the molecule is Cc1ccc(NC2c3ccccc3C(=O)N2c2ccccc2C)cc1C. The summed E-state index contributed by atoms with van der Waals surface area (Å²) in [5, 5.41) is 3.58. The third-order valence-electron chi connectivity index (χ3n) is 5.15. The zero-order valence-corrected chi connectivity index (χ0v) is 15.3. The Morgan fingerprint density at radius 1 is 0.808 bits per heavy atom. The van der Waals surface area contributed by atoms with E-state index in [-0.39, 0.29) is 12.1 Å². The molecule has 0 aromatic heterocycles. The molecule has 0 radical (unpaired) electrons. The summed E-state index contributed by atoms with van der Waals surface area (Å²) in [5.74, 6) is 0.0382. The number of aryl methyl sites for hydroxylation is 3. The van der Waals surface area contributed by atoms with Crippen LogP contribution in [0.5, 0.6) is 0 Å². The molecule has 0 saturated heterocycles. The van der Waals surface area contributed by atoms with E-state index in [2.05, 4.69) is 37.4 Å². The van der Waals surface area contributed by atoms with E-state index in [0.29, 0.717) is 0 Å². The molecule has 4 rings (SSSR count). The fourth-order valence-corrected chi connectivity index (χ4v) is 3.53. The molecule has 130 valence electrons. The summed E-state index contributed by atoms with van der Waals surface area (Å²) >= 11 is 0. The van der Waals surface area contributed by atoms with Crippen LogP contribution in [0.15, 0.2) is 66.7 Å². The molecule has 26 heavy (non-hydrogen) atoms. The van der Waals surface area contributed by atoms with Crippen LogP contribution in [-0.2, 0) is 0 Å². The lowest BCUT2D eigenvalue weighted by Gasteiger charge is -2.28. The van der Waals surface area contributed by atoms with E-state index in [1.165, 1.54) is 11.1 Å². The van der Waals surface area contributed by atoms with Crippen LogP contribution < -0.4 is 10.2 Å². The van der Waals surface area contributed by atoms with Gasteiger partial charge < -0.3 is 5.32 Å². The monoisotopic (exact) mass is 342 g/mol. The molecule has 1 heterocycles. The smallest absolute Gasteiger partial charge is 0.260 e. The molecule has 1 N–H and O–H groups in total. The lowest BCUT2D eigenvalue weighted by Crippen LogP contribution is -2.32. The molecule has 3 nitrogen and oxygen atoms in total. The van der Waals surface area contributed by atoms with Gasteiger partial charge in [-0.05, 0) is 61.7 Å². The van der Waals surface area contributed by atoms with E-state index in [9.17, 15) is 4.79 Å². The Labute approximate surface area is 154 Å². The number of carbonyl (C=O) groups is 1. The summed E-state index contributed by atoms with van der Waals surface area (Å²) in [6, 6.07) is 22.2. The van der Waals surface area contributed by atoms with E-state index in [1.54, 1.807) is 0 Å². The Kier molecular flexibility index (Phi) is 4.00. The number of rotatable bonds is 3. The lowest BCUT2D eigenvalue weighted by molar-refractivity contribution is 0.0993. The molecule has 0 aliphatic carbocycles. The molecule has 3 aromatic rings. The largest absolute Gasteiger partial charge is 0.361 e. The van der Waals surface area contributed by atoms with E-state index < -0.39 is 0 Å². The van der Waals surface area contributed by atoms with Crippen molar-refractivity contribution in [3.05, 3.63) is 94.5 Å². The summed E-state index contributed by atoms with van der Waals surface area (Å²) in [6.45, 7) is 6.25. The average Bonchev–Trinajstić information content (AvgIpc) is 2.91. The molecule has 0 bridgehead atoms. The number of nitrogens with zero attached hydrogens (tertiary/aromatic N) is 1. The Morgan fingerprint density at radius 2 is 1.54 bits per heavy atom. The number of amides is 1. The normalized spacial score (nSPS) is 15.9. The number of hydrogen-bond donors (Lipinski definition) is 1. The van der Waals surface area contributed by atoms with Gasteiger partial charge in [-0.25, -0.2) is 0 Å². The molecule has 1 atom stereocenters. The Morgan fingerprint density at radius 3 is 2.31 bits per heavy atom. The Bertz CT molecular complexity index is 993. The van der Waals surface area contributed by atoms with Gasteiger partial charge >= 0.3 is 0 Å². The first-order valence-electron chi connectivity index (χ1n) is 8.88. The molecule has 1 aliphatic rings. The molecule has 1 amide bonds. The van der Waals surface area contributed by atoms with Crippen molar-refractivity contribution >= 4 is 17.3 Å². The van der Waals surface area contributed by atoms with Crippen LogP contribution in [0.25, 0.3) is 0 Å². The molecule has 0 saturated carbocycles. The number of nitrogens with one attached hydrogen (secondary N) is 1. The van der Waals surface area contributed by atoms with Crippen LogP contribution in [0.3, 0.4) is 0 Å². The second kappa shape index (κ2) is 6.34. The number of fused-ring (bicyclic) bond motifs is 1. The lowest BCUT2D eigenvalue weighted by atomic mass is 10.1. The molecule has 0 spiro atoms. The highest BCUT2D eigenvalue weighted by Gasteiger charge is 2.38. The fourth-order valence-electron chi connectivity index (χ4n) is 3.53. The summed E-state index contributed by atoms with van der Waals surface area (Å²) < 4.78 is 0. The van der Waals surface area contributed by atoms with Gasteiger partial charge in [-0.2, -0.15) is 0 Å². The van der Waals surface area contributed by atoms with Crippen molar-refractivity contribution in [3.63, 3.8) is 0 Å². The minimum atomic E-state index is -0.220. The van der Waals surface area contributed by atoms with Crippen molar-refractivity contribution < 1.29 is 4.79 Å². The first kappa shape index (κ1) is 16.4. The zero-order valence-electron chi connectivity index (χ0n) is 15.3. The first-order chi connectivity index (χ1) is 12.6. The first-order valence-corrected chi connectivity index (χ1v) is 8.88. The second-order valence-electron chi connectivity index (χ2n) is 6.89. The summed E-state index contributed by atoms with van der Waals surface area (Å²) in [5.41, 5.74) is 7.30. The van der Waals surface area contributed by atoms with Gasteiger partial charge in [0.1, 0.15) is 6.17 Å². The molecular weight excluding hydrogens is 320 g/mol. The molecule has 3 heteroatoms. The number of anilines is 2. The third kappa shape index (κ3) is 2.66. The maximum absolute atomic E-state index is 13.2.